The van der Waals surface area contributed by atoms with Crippen LogP contribution in [0.1, 0.15) is 36.0 Å². The average molecular weight is 242 g/mol. The Balaban J connectivity index is 2.04. The van der Waals surface area contributed by atoms with Crippen molar-refractivity contribution in [3.8, 4) is 11.8 Å². The van der Waals surface area contributed by atoms with Gasteiger partial charge in [0.2, 0.25) is 0 Å². The molecule has 17 heavy (non-hydrogen) atoms. The Kier molecular flexibility index (Phi) is 4.29. The van der Waals surface area contributed by atoms with Gasteiger partial charge in [0.05, 0.1) is 5.69 Å². The SMILES string of the molecule is CCCCc1csc(C#Cc2ccncc2)n1. The van der Waals surface area contributed by atoms with Crippen LogP contribution in [0.3, 0.4) is 0 Å². The smallest absolute Gasteiger partial charge is 0.167 e. The molecule has 2 nitrogen and oxygen atoms in total. The summed E-state index contributed by atoms with van der Waals surface area (Å²) in [5, 5.41) is 3.00. The number of hydrogen-bond acceptors (Lipinski definition) is 3. The van der Waals surface area contributed by atoms with Gasteiger partial charge in [0.1, 0.15) is 0 Å². The molecule has 0 radical (unpaired) electrons. The molecular weight excluding hydrogens is 228 g/mol. The average Bonchev–Trinajstić information content (AvgIpc) is 2.83. The summed E-state index contributed by atoms with van der Waals surface area (Å²) < 4.78 is 0. The highest BCUT2D eigenvalue weighted by Crippen LogP contribution is 2.11. The molecule has 2 aromatic heterocycles. The third kappa shape index (κ3) is 3.69. The zero-order valence-corrected chi connectivity index (χ0v) is 10.6. The third-order valence-electron chi connectivity index (χ3n) is 2.33. The first-order valence-electron chi connectivity index (χ1n) is 5.75. The Morgan fingerprint density at radius 3 is 2.82 bits per heavy atom. The highest BCUT2D eigenvalue weighted by atomic mass is 32.1. The minimum atomic E-state index is 0.896. The second kappa shape index (κ2) is 6.17. The molecular formula is C14H14N2S. The van der Waals surface area contributed by atoms with Gasteiger partial charge in [-0.25, -0.2) is 4.98 Å². The molecule has 0 atom stereocenters. The van der Waals surface area contributed by atoms with Crippen molar-refractivity contribution in [2.45, 2.75) is 26.2 Å². The number of aryl methyl sites for hydroxylation is 1. The number of rotatable bonds is 3. The summed E-state index contributed by atoms with van der Waals surface area (Å²) in [6.07, 6.45) is 6.96. The van der Waals surface area contributed by atoms with E-state index in [4.69, 9.17) is 0 Å². The van der Waals surface area contributed by atoms with E-state index in [1.807, 2.05) is 12.1 Å². The molecule has 0 saturated carbocycles. The van der Waals surface area contributed by atoms with E-state index >= 15 is 0 Å². The first-order valence-corrected chi connectivity index (χ1v) is 6.63. The topological polar surface area (TPSA) is 25.8 Å². The second-order valence-electron chi connectivity index (χ2n) is 3.73. The van der Waals surface area contributed by atoms with Crippen molar-refractivity contribution in [2.75, 3.05) is 0 Å². The van der Waals surface area contributed by atoms with Gasteiger partial charge in [-0.05, 0) is 30.9 Å². The van der Waals surface area contributed by atoms with Gasteiger partial charge < -0.3 is 0 Å². The Bertz CT molecular complexity index is 520. The lowest BCUT2D eigenvalue weighted by Gasteiger charge is -1.90. The van der Waals surface area contributed by atoms with Gasteiger partial charge in [0.25, 0.3) is 0 Å². The number of hydrogen-bond donors (Lipinski definition) is 0. The molecule has 0 aliphatic carbocycles. The fourth-order valence-corrected chi connectivity index (χ4v) is 2.10. The third-order valence-corrected chi connectivity index (χ3v) is 3.14. The number of pyridine rings is 1. The summed E-state index contributed by atoms with van der Waals surface area (Å²) in [5.74, 6) is 6.18. The van der Waals surface area contributed by atoms with Gasteiger partial charge in [-0.2, -0.15) is 0 Å². The van der Waals surface area contributed by atoms with Crippen molar-refractivity contribution in [3.63, 3.8) is 0 Å². The monoisotopic (exact) mass is 242 g/mol. The molecule has 0 spiro atoms. The van der Waals surface area contributed by atoms with Crippen molar-refractivity contribution in [3.05, 3.63) is 46.2 Å². The Hall–Kier alpha value is -1.66. The lowest BCUT2D eigenvalue weighted by Crippen LogP contribution is -1.84. The Morgan fingerprint density at radius 2 is 2.06 bits per heavy atom. The molecule has 0 amide bonds. The quantitative estimate of drug-likeness (QED) is 0.772. The van der Waals surface area contributed by atoms with Crippen molar-refractivity contribution >= 4 is 11.3 Å². The molecule has 0 fully saturated rings. The summed E-state index contributed by atoms with van der Waals surface area (Å²) in [7, 11) is 0. The molecule has 2 heterocycles. The van der Waals surface area contributed by atoms with Crippen LogP contribution in [-0.2, 0) is 6.42 Å². The summed E-state index contributed by atoms with van der Waals surface area (Å²) in [5.41, 5.74) is 2.14. The van der Waals surface area contributed by atoms with E-state index < -0.39 is 0 Å². The van der Waals surface area contributed by atoms with Crippen LogP contribution >= 0.6 is 11.3 Å². The van der Waals surface area contributed by atoms with Crippen molar-refractivity contribution < 1.29 is 0 Å². The molecule has 3 heteroatoms. The van der Waals surface area contributed by atoms with Gasteiger partial charge in [0, 0.05) is 23.3 Å². The standard InChI is InChI=1S/C14H14N2S/c1-2-3-4-13-11-17-14(16-13)6-5-12-7-9-15-10-8-12/h7-11H,2-4H2,1H3. The number of thiazole rings is 1. The molecule has 0 unspecified atom stereocenters. The maximum Gasteiger partial charge on any atom is 0.167 e. The van der Waals surface area contributed by atoms with E-state index in [0.29, 0.717) is 0 Å². The minimum absolute atomic E-state index is 0.896. The summed E-state index contributed by atoms with van der Waals surface area (Å²) in [6.45, 7) is 2.19. The normalized spacial score (nSPS) is 9.71. The molecule has 0 aliphatic heterocycles. The van der Waals surface area contributed by atoms with Crippen LogP contribution in [0.15, 0.2) is 29.9 Å². The lowest BCUT2D eigenvalue weighted by atomic mass is 10.2. The molecule has 86 valence electrons. The van der Waals surface area contributed by atoms with Crippen LogP contribution < -0.4 is 0 Å². The van der Waals surface area contributed by atoms with Gasteiger partial charge >= 0.3 is 0 Å². The van der Waals surface area contributed by atoms with E-state index in [9.17, 15) is 0 Å². The fraction of sp³-hybridized carbons (Fsp3) is 0.286. The molecule has 0 aromatic carbocycles. The summed E-state index contributed by atoms with van der Waals surface area (Å²) in [4.78, 5) is 8.45. The van der Waals surface area contributed by atoms with E-state index in [0.717, 1.165) is 22.7 Å². The van der Waals surface area contributed by atoms with Crippen molar-refractivity contribution in [1.82, 2.24) is 9.97 Å². The molecule has 0 aliphatic rings. The zero-order valence-electron chi connectivity index (χ0n) is 9.81. The van der Waals surface area contributed by atoms with Crippen LogP contribution in [-0.4, -0.2) is 9.97 Å². The van der Waals surface area contributed by atoms with Crippen LogP contribution in [0.25, 0.3) is 0 Å². The molecule has 0 saturated heterocycles. The fourth-order valence-electron chi connectivity index (χ4n) is 1.40. The van der Waals surface area contributed by atoms with Gasteiger partial charge in [-0.1, -0.05) is 19.3 Å². The summed E-state index contributed by atoms with van der Waals surface area (Å²) in [6, 6.07) is 3.80. The van der Waals surface area contributed by atoms with Crippen LogP contribution in [0, 0.1) is 11.8 Å². The largest absolute Gasteiger partial charge is 0.265 e. The molecule has 2 rings (SSSR count). The Labute approximate surface area is 106 Å². The minimum Gasteiger partial charge on any atom is -0.265 e. The number of unbranched alkanes of at least 4 members (excludes halogenated alkanes) is 1. The van der Waals surface area contributed by atoms with Gasteiger partial charge in [-0.3, -0.25) is 4.98 Å². The van der Waals surface area contributed by atoms with E-state index in [1.54, 1.807) is 23.7 Å². The summed E-state index contributed by atoms with van der Waals surface area (Å²) >= 11 is 1.62. The highest BCUT2D eigenvalue weighted by Gasteiger charge is 1.98. The molecule has 0 N–H and O–H groups in total. The van der Waals surface area contributed by atoms with Gasteiger partial charge in [-0.15, -0.1) is 11.3 Å². The van der Waals surface area contributed by atoms with Crippen LogP contribution in [0.2, 0.25) is 0 Å². The predicted octanol–water partition coefficient (Wildman–Crippen LogP) is 3.28. The van der Waals surface area contributed by atoms with E-state index in [-0.39, 0.29) is 0 Å². The lowest BCUT2D eigenvalue weighted by molar-refractivity contribution is 0.780. The molecule has 0 bridgehead atoms. The maximum atomic E-state index is 4.49. The highest BCUT2D eigenvalue weighted by molar-refractivity contribution is 7.10. The second-order valence-corrected chi connectivity index (χ2v) is 4.59. The van der Waals surface area contributed by atoms with Gasteiger partial charge in [0.15, 0.2) is 5.01 Å². The first-order chi connectivity index (χ1) is 8.38. The van der Waals surface area contributed by atoms with E-state index in [1.165, 1.54) is 12.8 Å². The number of nitrogens with zero attached hydrogens (tertiary/aromatic N) is 2. The van der Waals surface area contributed by atoms with E-state index in [2.05, 4.69) is 34.1 Å². The first kappa shape index (κ1) is 11.8. The maximum absolute atomic E-state index is 4.49. The van der Waals surface area contributed by atoms with Crippen LogP contribution in [0.5, 0.6) is 0 Å². The van der Waals surface area contributed by atoms with Crippen molar-refractivity contribution in [1.29, 1.82) is 0 Å². The molecule has 2 aromatic rings. The number of aromatic nitrogens is 2. The Morgan fingerprint density at radius 1 is 1.24 bits per heavy atom. The predicted molar refractivity (Wildman–Crippen MR) is 70.9 cm³/mol. The zero-order chi connectivity index (χ0) is 11.9. The van der Waals surface area contributed by atoms with Crippen LogP contribution in [0.4, 0.5) is 0 Å². The van der Waals surface area contributed by atoms with Crippen molar-refractivity contribution in [2.24, 2.45) is 0 Å².